The summed E-state index contributed by atoms with van der Waals surface area (Å²) in [5, 5.41) is -1.30. The molecule has 0 bridgehead atoms. The molecule has 0 atom stereocenters. The zero-order valence-electron chi connectivity index (χ0n) is 6.89. The largest absolute Gasteiger partial charge is 0.276 e. The minimum atomic E-state index is -0.652. The van der Waals surface area contributed by atoms with Crippen LogP contribution in [-0.2, 0) is 5.88 Å². The minimum Gasteiger partial charge on any atom is -0.276 e. The highest BCUT2D eigenvalue weighted by molar-refractivity contribution is 6.69. The SMILES string of the molecule is O=C(Cl)c1cccc(C(=O)Cl)c1CCl. The molecule has 0 aliphatic heterocycles. The molecule has 1 rings (SSSR count). The van der Waals surface area contributed by atoms with Crippen molar-refractivity contribution in [1.29, 1.82) is 0 Å². The molecular formula is C9H5Cl3O2. The number of halogens is 3. The van der Waals surface area contributed by atoms with Crippen LogP contribution in [0.3, 0.4) is 0 Å². The first-order chi connectivity index (χ1) is 6.57. The quantitative estimate of drug-likeness (QED) is 0.611. The molecule has 5 heteroatoms. The predicted octanol–water partition coefficient (Wildman–Crippen LogP) is 3.18. The van der Waals surface area contributed by atoms with Gasteiger partial charge in [0, 0.05) is 17.0 Å². The number of alkyl halides is 1. The van der Waals surface area contributed by atoms with Crippen molar-refractivity contribution in [2.24, 2.45) is 0 Å². The van der Waals surface area contributed by atoms with Gasteiger partial charge in [-0.05, 0) is 40.9 Å². The number of rotatable bonds is 3. The standard InChI is InChI=1S/C9H5Cl3O2/c10-4-7-5(8(11)13)2-1-3-6(7)9(12)14/h1-3H,4H2. The molecule has 1 aromatic rings. The summed E-state index contributed by atoms with van der Waals surface area (Å²) in [6.45, 7) is 0. The normalized spacial score (nSPS) is 9.93. The molecule has 0 amide bonds. The molecule has 0 saturated heterocycles. The Morgan fingerprint density at radius 2 is 1.50 bits per heavy atom. The number of benzene rings is 1. The van der Waals surface area contributed by atoms with Crippen molar-refractivity contribution in [2.45, 2.75) is 5.88 Å². The van der Waals surface area contributed by atoms with Gasteiger partial charge in [-0.2, -0.15) is 0 Å². The van der Waals surface area contributed by atoms with E-state index in [4.69, 9.17) is 34.8 Å². The third-order valence-corrected chi connectivity index (χ3v) is 2.41. The Morgan fingerprint density at radius 3 is 1.79 bits per heavy atom. The third kappa shape index (κ3) is 2.27. The molecule has 0 N–H and O–H groups in total. The monoisotopic (exact) mass is 250 g/mol. The maximum absolute atomic E-state index is 11.0. The smallest absolute Gasteiger partial charge is 0.252 e. The predicted molar refractivity (Wildman–Crippen MR) is 56.4 cm³/mol. The van der Waals surface area contributed by atoms with Gasteiger partial charge < -0.3 is 0 Å². The van der Waals surface area contributed by atoms with Gasteiger partial charge in [0.05, 0.1) is 0 Å². The average molecular weight is 251 g/mol. The highest BCUT2D eigenvalue weighted by Crippen LogP contribution is 2.20. The summed E-state index contributed by atoms with van der Waals surface area (Å²) in [5.41, 5.74) is 0.801. The molecule has 0 fully saturated rings. The molecular weight excluding hydrogens is 246 g/mol. The number of carbonyl (C=O) groups is 2. The fraction of sp³-hybridized carbons (Fsp3) is 0.111. The van der Waals surface area contributed by atoms with Crippen molar-refractivity contribution in [2.75, 3.05) is 0 Å². The van der Waals surface area contributed by atoms with E-state index in [-0.39, 0.29) is 17.0 Å². The molecule has 14 heavy (non-hydrogen) atoms. The zero-order valence-corrected chi connectivity index (χ0v) is 9.16. The summed E-state index contributed by atoms with van der Waals surface area (Å²) < 4.78 is 0. The fourth-order valence-corrected chi connectivity index (χ4v) is 1.74. The van der Waals surface area contributed by atoms with Crippen LogP contribution in [0.4, 0.5) is 0 Å². The maximum Gasteiger partial charge on any atom is 0.252 e. The minimum absolute atomic E-state index is 0.0163. The Morgan fingerprint density at radius 1 is 1.07 bits per heavy atom. The van der Waals surface area contributed by atoms with Crippen LogP contribution in [0.25, 0.3) is 0 Å². The second-order valence-electron chi connectivity index (χ2n) is 2.51. The average Bonchev–Trinajstić information content (AvgIpc) is 2.16. The fourth-order valence-electron chi connectivity index (χ4n) is 1.10. The van der Waals surface area contributed by atoms with E-state index in [0.717, 1.165) is 0 Å². The summed E-state index contributed by atoms with van der Waals surface area (Å²) in [6.07, 6.45) is 0. The zero-order chi connectivity index (χ0) is 10.7. The highest BCUT2D eigenvalue weighted by atomic mass is 35.5. The number of hydrogen-bond acceptors (Lipinski definition) is 2. The Bertz CT molecular complexity index is 355. The van der Waals surface area contributed by atoms with E-state index >= 15 is 0 Å². The molecule has 2 nitrogen and oxygen atoms in total. The van der Waals surface area contributed by atoms with Crippen LogP contribution in [0.5, 0.6) is 0 Å². The summed E-state index contributed by atoms with van der Waals surface area (Å²) in [5.74, 6) is 0.0163. The van der Waals surface area contributed by atoms with E-state index in [1.54, 1.807) is 0 Å². The molecule has 0 heterocycles. The van der Waals surface area contributed by atoms with Gasteiger partial charge >= 0.3 is 0 Å². The lowest BCUT2D eigenvalue weighted by Crippen LogP contribution is -2.02. The summed E-state index contributed by atoms with van der Waals surface area (Å²) in [7, 11) is 0. The van der Waals surface area contributed by atoms with E-state index < -0.39 is 10.5 Å². The van der Waals surface area contributed by atoms with E-state index in [9.17, 15) is 9.59 Å². The highest BCUT2D eigenvalue weighted by Gasteiger charge is 2.15. The Balaban J connectivity index is 3.39. The topological polar surface area (TPSA) is 34.1 Å². The van der Waals surface area contributed by atoms with Crippen molar-refractivity contribution >= 4 is 45.3 Å². The van der Waals surface area contributed by atoms with Crippen LogP contribution < -0.4 is 0 Å². The first-order valence-corrected chi connectivity index (χ1v) is 4.94. The van der Waals surface area contributed by atoms with E-state index in [2.05, 4.69) is 0 Å². The molecule has 0 radical (unpaired) electrons. The van der Waals surface area contributed by atoms with Gasteiger partial charge in [-0.1, -0.05) is 6.07 Å². The van der Waals surface area contributed by atoms with Crippen LogP contribution in [0.1, 0.15) is 26.3 Å². The second-order valence-corrected chi connectivity index (χ2v) is 3.47. The van der Waals surface area contributed by atoms with E-state index in [1.807, 2.05) is 0 Å². The first kappa shape index (κ1) is 11.5. The van der Waals surface area contributed by atoms with Crippen LogP contribution in [0, 0.1) is 0 Å². The molecule has 0 aliphatic carbocycles. The number of carbonyl (C=O) groups excluding carboxylic acids is 2. The van der Waals surface area contributed by atoms with Crippen molar-refractivity contribution in [1.82, 2.24) is 0 Å². The Labute approximate surface area is 95.8 Å². The summed E-state index contributed by atoms with van der Waals surface area (Å²) >= 11 is 16.2. The summed E-state index contributed by atoms with van der Waals surface area (Å²) in [6, 6.07) is 4.52. The van der Waals surface area contributed by atoms with Crippen LogP contribution in [0.2, 0.25) is 0 Å². The van der Waals surface area contributed by atoms with Crippen molar-refractivity contribution in [3.05, 3.63) is 34.9 Å². The summed E-state index contributed by atoms with van der Waals surface area (Å²) in [4.78, 5) is 21.9. The Hall–Kier alpha value is -0.570. The molecule has 0 aliphatic rings. The second kappa shape index (κ2) is 4.78. The molecule has 0 saturated carbocycles. The first-order valence-electron chi connectivity index (χ1n) is 3.65. The third-order valence-electron chi connectivity index (χ3n) is 1.73. The van der Waals surface area contributed by atoms with Crippen LogP contribution in [-0.4, -0.2) is 10.5 Å². The van der Waals surface area contributed by atoms with Crippen LogP contribution in [0.15, 0.2) is 18.2 Å². The maximum atomic E-state index is 11.0. The van der Waals surface area contributed by atoms with Crippen LogP contribution >= 0.6 is 34.8 Å². The van der Waals surface area contributed by atoms with E-state index in [1.165, 1.54) is 18.2 Å². The molecule has 74 valence electrons. The lowest BCUT2D eigenvalue weighted by molar-refractivity contribution is 0.108. The molecule has 1 aromatic carbocycles. The lowest BCUT2D eigenvalue weighted by atomic mass is 10.0. The van der Waals surface area contributed by atoms with Gasteiger partial charge in [-0.3, -0.25) is 9.59 Å². The van der Waals surface area contributed by atoms with Gasteiger partial charge in [0.15, 0.2) is 0 Å². The van der Waals surface area contributed by atoms with Gasteiger partial charge in [0.25, 0.3) is 10.5 Å². The molecule has 0 spiro atoms. The lowest BCUT2D eigenvalue weighted by Gasteiger charge is -2.05. The molecule has 0 aromatic heterocycles. The van der Waals surface area contributed by atoms with Gasteiger partial charge in [-0.25, -0.2) is 0 Å². The van der Waals surface area contributed by atoms with Gasteiger partial charge in [-0.15, -0.1) is 11.6 Å². The van der Waals surface area contributed by atoms with Crippen molar-refractivity contribution < 1.29 is 9.59 Å². The van der Waals surface area contributed by atoms with Gasteiger partial charge in [0.1, 0.15) is 0 Å². The van der Waals surface area contributed by atoms with Crippen molar-refractivity contribution in [3.63, 3.8) is 0 Å². The Kier molecular flexibility index (Phi) is 3.93. The van der Waals surface area contributed by atoms with Crippen molar-refractivity contribution in [3.8, 4) is 0 Å². The van der Waals surface area contributed by atoms with Gasteiger partial charge in [0.2, 0.25) is 0 Å². The van der Waals surface area contributed by atoms with E-state index in [0.29, 0.717) is 5.56 Å². The molecule has 0 unspecified atom stereocenters. The number of hydrogen-bond donors (Lipinski definition) is 0.